The van der Waals surface area contributed by atoms with Crippen LogP contribution < -0.4 is 10.5 Å². The molecule has 0 unspecified atom stereocenters. The van der Waals surface area contributed by atoms with E-state index in [2.05, 4.69) is 4.98 Å². The third-order valence-corrected chi connectivity index (χ3v) is 2.82. The van der Waals surface area contributed by atoms with Crippen molar-refractivity contribution in [3.05, 3.63) is 22.7 Å². The minimum Gasteiger partial charge on any atom is -0.480 e. The van der Waals surface area contributed by atoms with Crippen molar-refractivity contribution >= 4 is 11.8 Å². The molecule has 0 atom stereocenters. The van der Waals surface area contributed by atoms with Crippen LogP contribution in [0.15, 0.2) is 17.2 Å². The summed E-state index contributed by atoms with van der Waals surface area (Å²) < 4.78 is 1.58. The molecule has 6 nitrogen and oxygen atoms in total. The lowest BCUT2D eigenvalue weighted by Crippen LogP contribution is -2.48. The lowest BCUT2D eigenvalue weighted by atomic mass is 10.1. The Balaban J connectivity index is 3.27. The van der Waals surface area contributed by atoms with Gasteiger partial charge in [-0.15, -0.1) is 0 Å². The van der Waals surface area contributed by atoms with Gasteiger partial charge < -0.3 is 14.6 Å². The number of hydrogen-bond acceptors (Lipinski definition) is 4. The first-order valence-corrected chi connectivity index (χ1v) is 6.67. The maximum Gasteiger partial charge on any atom is 0.323 e. The molecule has 1 rings (SSSR count). The topological polar surface area (TPSA) is 75.4 Å². The van der Waals surface area contributed by atoms with E-state index >= 15 is 0 Å². The highest BCUT2D eigenvalue weighted by Gasteiger charge is 2.27. The summed E-state index contributed by atoms with van der Waals surface area (Å²) in [4.78, 5) is 29.1. The van der Waals surface area contributed by atoms with Crippen molar-refractivity contribution in [1.29, 1.82) is 0 Å². The van der Waals surface area contributed by atoms with Crippen LogP contribution in [0.5, 0.6) is 0 Å². The van der Waals surface area contributed by atoms with Crippen LogP contribution in [0.1, 0.15) is 34.6 Å². The third-order valence-electron chi connectivity index (χ3n) is 2.82. The summed E-state index contributed by atoms with van der Waals surface area (Å²) in [6, 6.07) is 0. The Morgan fingerprint density at radius 1 is 1.45 bits per heavy atom. The van der Waals surface area contributed by atoms with Crippen LogP contribution in [-0.4, -0.2) is 32.7 Å². The Kier molecular flexibility index (Phi) is 4.92. The van der Waals surface area contributed by atoms with Gasteiger partial charge in [0.05, 0.1) is 0 Å². The van der Waals surface area contributed by atoms with Crippen molar-refractivity contribution in [2.45, 2.75) is 46.7 Å². The number of aliphatic carboxylic acids is 1. The van der Waals surface area contributed by atoms with Crippen LogP contribution in [-0.2, 0) is 11.3 Å². The zero-order chi connectivity index (χ0) is 15.5. The lowest BCUT2D eigenvalue weighted by Gasteiger charge is -2.34. The first-order valence-electron chi connectivity index (χ1n) is 6.67. The Morgan fingerprint density at radius 3 is 2.50 bits per heavy atom. The fourth-order valence-electron chi connectivity index (χ4n) is 1.92. The van der Waals surface area contributed by atoms with Crippen LogP contribution in [0.4, 0.5) is 5.82 Å². The van der Waals surface area contributed by atoms with Crippen LogP contribution in [0.25, 0.3) is 0 Å². The number of carboxylic acids is 1. The monoisotopic (exact) mass is 281 g/mol. The fraction of sp³-hybridized carbons (Fsp3) is 0.643. The molecule has 0 spiro atoms. The van der Waals surface area contributed by atoms with Gasteiger partial charge >= 0.3 is 5.97 Å². The van der Waals surface area contributed by atoms with E-state index in [4.69, 9.17) is 5.11 Å². The molecular weight excluding hydrogens is 258 g/mol. The molecule has 6 heteroatoms. The zero-order valence-corrected chi connectivity index (χ0v) is 12.8. The van der Waals surface area contributed by atoms with Crippen LogP contribution in [0, 0.1) is 5.92 Å². The number of carboxylic acid groups (broad SMARTS) is 1. The average molecular weight is 281 g/mol. The molecule has 1 N–H and O–H groups in total. The first-order chi connectivity index (χ1) is 9.12. The Hall–Kier alpha value is -1.85. The summed E-state index contributed by atoms with van der Waals surface area (Å²) >= 11 is 0. The van der Waals surface area contributed by atoms with E-state index in [0.29, 0.717) is 12.5 Å². The van der Waals surface area contributed by atoms with E-state index in [-0.39, 0.29) is 17.9 Å². The molecule has 0 amide bonds. The highest BCUT2D eigenvalue weighted by Crippen LogP contribution is 2.18. The Bertz CT molecular complexity index is 529. The van der Waals surface area contributed by atoms with Crippen molar-refractivity contribution < 1.29 is 9.90 Å². The largest absolute Gasteiger partial charge is 0.480 e. The van der Waals surface area contributed by atoms with Gasteiger partial charge in [-0.1, -0.05) is 13.8 Å². The van der Waals surface area contributed by atoms with Gasteiger partial charge in [-0.25, -0.2) is 4.98 Å². The molecule has 0 saturated carbocycles. The standard InChI is InChI=1S/C14H23N3O3/c1-10(2)8-16-7-6-15-12(13(16)20)17(9-11(18)19)14(3,4)5/h6-7,10H,8-9H2,1-5H3,(H,18,19). The molecule has 0 radical (unpaired) electrons. The molecule has 112 valence electrons. The van der Waals surface area contributed by atoms with Gasteiger partial charge in [0.1, 0.15) is 6.54 Å². The van der Waals surface area contributed by atoms with E-state index in [0.717, 1.165) is 0 Å². The predicted molar refractivity (Wildman–Crippen MR) is 78.1 cm³/mol. The first kappa shape index (κ1) is 16.2. The second-order valence-electron chi connectivity index (χ2n) is 6.25. The SMILES string of the molecule is CC(C)Cn1ccnc(N(CC(=O)O)C(C)(C)C)c1=O. The molecule has 0 aliphatic carbocycles. The van der Waals surface area contributed by atoms with E-state index in [1.807, 2.05) is 34.6 Å². The summed E-state index contributed by atoms with van der Waals surface area (Å²) in [6.07, 6.45) is 3.17. The molecule has 1 aromatic heterocycles. The molecule has 0 aliphatic rings. The third kappa shape index (κ3) is 4.08. The van der Waals surface area contributed by atoms with E-state index in [1.165, 1.54) is 4.90 Å². The summed E-state index contributed by atoms with van der Waals surface area (Å²) in [6.45, 7) is 9.94. The van der Waals surface area contributed by atoms with Crippen LogP contribution >= 0.6 is 0 Å². The second kappa shape index (κ2) is 6.07. The highest BCUT2D eigenvalue weighted by atomic mass is 16.4. The maximum atomic E-state index is 12.4. The smallest absolute Gasteiger partial charge is 0.323 e. The Morgan fingerprint density at radius 2 is 2.05 bits per heavy atom. The van der Waals surface area contributed by atoms with E-state index in [9.17, 15) is 9.59 Å². The minimum atomic E-state index is -0.986. The van der Waals surface area contributed by atoms with Crippen molar-refractivity contribution in [3.63, 3.8) is 0 Å². The van der Waals surface area contributed by atoms with Crippen molar-refractivity contribution in [2.75, 3.05) is 11.4 Å². The van der Waals surface area contributed by atoms with Gasteiger partial charge in [-0.2, -0.15) is 0 Å². The van der Waals surface area contributed by atoms with Crippen molar-refractivity contribution in [2.24, 2.45) is 5.92 Å². The van der Waals surface area contributed by atoms with Gasteiger partial charge in [-0.3, -0.25) is 9.59 Å². The zero-order valence-electron chi connectivity index (χ0n) is 12.8. The molecule has 1 aromatic rings. The molecule has 0 fully saturated rings. The lowest BCUT2D eigenvalue weighted by molar-refractivity contribution is -0.135. The number of rotatable bonds is 5. The predicted octanol–water partition coefficient (Wildman–Crippen LogP) is 1.59. The molecule has 1 heterocycles. The number of carbonyl (C=O) groups is 1. The van der Waals surface area contributed by atoms with Crippen LogP contribution in [0.2, 0.25) is 0 Å². The number of aromatic nitrogens is 2. The van der Waals surface area contributed by atoms with E-state index in [1.54, 1.807) is 17.0 Å². The Labute approximate surface area is 119 Å². The van der Waals surface area contributed by atoms with Gasteiger partial charge in [0.15, 0.2) is 5.82 Å². The molecule has 0 aromatic carbocycles. The fourth-order valence-corrected chi connectivity index (χ4v) is 1.92. The van der Waals surface area contributed by atoms with Gasteiger partial charge in [0, 0.05) is 24.5 Å². The normalized spacial score (nSPS) is 11.7. The molecule has 0 saturated heterocycles. The van der Waals surface area contributed by atoms with Crippen LogP contribution in [0.3, 0.4) is 0 Å². The van der Waals surface area contributed by atoms with E-state index < -0.39 is 11.5 Å². The number of hydrogen-bond donors (Lipinski definition) is 1. The molecule has 0 aliphatic heterocycles. The van der Waals surface area contributed by atoms with Gasteiger partial charge in [0.2, 0.25) is 0 Å². The maximum absolute atomic E-state index is 12.4. The number of nitrogens with zero attached hydrogens (tertiary/aromatic N) is 3. The average Bonchev–Trinajstić information content (AvgIpc) is 2.27. The highest BCUT2D eigenvalue weighted by molar-refractivity contribution is 5.73. The van der Waals surface area contributed by atoms with Gasteiger partial charge in [0.25, 0.3) is 5.56 Å². The van der Waals surface area contributed by atoms with Gasteiger partial charge in [-0.05, 0) is 26.7 Å². The molecule has 0 bridgehead atoms. The molecule has 20 heavy (non-hydrogen) atoms. The van der Waals surface area contributed by atoms with Crippen molar-refractivity contribution in [3.8, 4) is 0 Å². The van der Waals surface area contributed by atoms with Crippen molar-refractivity contribution in [1.82, 2.24) is 9.55 Å². The number of anilines is 1. The minimum absolute atomic E-state index is 0.183. The molecular formula is C14H23N3O3. The summed E-state index contributed by atoms with van der Waals surface area (Å²) in [7, 11) is 0. The quantitative estimate of drug-likeness (QED) is 0.887. The summed E-state index contributed by atoms with van der Waals surface area (Å²) in [5, 5.41) is 9.04. The summed E-state index contributed by atoms with van der Waals surface area (Å²) in [5.74, 6) is -0.478. The summed E-state index contributed by atoms with van der Waals surface area (Å²) in [5.41, 5.74) is -0.751. The second-order valence-corrected chi connectivity index (χ2v) is 6.25.